The fourth-order valence-electron chi connectivity index (χ4n) is 0.722. The first-order valence-electron chi connectivity index (χ1n) is 3.70. The fourth-order valence-corrected chi connectivity index (χ4v) is 0.722. The lowest BCUT2D eigenvalue weighted by atomic mass is 9.98. The molecule has 0 amide bonds. The molecule has 0 rings (SSSR count). The Hall–Kier alpha value is -0.820. The Morgan fingerprint density at radius 1 is 1.45 bits per heavy atom. The number of allylic oxidation sites excluding steroid dienone is 3. The van der Waals surface area contributed by atoms with E-state index in [0.29, 0.717) is 0 Å². The van der Waals surface area contributed by atoms with Gasteiger partial charge in [-0.1, -0.05) is 30.9 Å². The molecule has 1 N–H and O–H groups in total. The van der Waals surface area contributed by atoms with Gasteiger partial charge in [0.05, 0.1) is 5.60 Å². The van der Waals surface area contributed by atoms with E-state index < -0.39 is 5.60 Å². The van der Waals surface area contributed by atoms with Crippen LogP contribution in [0.5, 0.6) is 0 Å². The maximum Gasteiger partial charge on any atom is 0.0840 e. The molecule has 0 aromatic carbocycles. The Kier molecular flexibility index (Phi) is 3.83. The molecule has 0 aliphatic rings. The third kappa shape index (κ3) is 3.79. The van der Waals surface area contributed by atoms with Crippen LogP contribution in [0.1, 0.15) is 20.8 Å². The van der Waals surface area contributed by atoms with Gasteiger partial charge in [0.2, 0.25) is 0 Å². The van der Waals surface area contributed by atoms with E-state index in [2.05, 4.69) is 6.58 Å². The van der Waals surface area contributed by atoms with E-state index in [9.17, 15) is 5.11 Å². The van der Waals surface area contributed by atoms with Gasteiger partial charge in [0.15, 0.2) is 0 Å². The summed E-state index contributed by atoms with van der Waals surface area (Å²) in [6, 6.07) is 0. The van der Waals surface area contributed by atoms with E-state index in [1.54, 1.807) is 19.9 Å². The van der Waals surface area contributed by atoms with Crippen LogP contribution in [0.15, 0.2) is 36.5 Å². The molecule has 1 heteroatoms. The summed E-state index contributed by atoms with van der Waals surface area (Å²) < 4.78 is 0. The minimum absolute atomic E-state index is 0.790. The van der Waals surface area contributed by atoms with Gasteiger partial charge >= 0.3 is 0 Å². The van der Waals surface area contributed by atoms with E-state index in [1.807, 2.05) is 25.2 Å². The van der Waals surface area contributed by atoms with Gasteiger partial charge in [-0.15, -0.1) is 0 Å². The van der Waals surface area contributed by atoms with Crippen molar-refractivity contribution in [1.82, 2.24) is 0 Å². The second-order valence-corrected chi connectivity index (χ2v) is 2.91. The summed E-state index contributed by atoms with van der Waals surface area (Å²) in [7, 11) is 0. The largest absolute Gasteiger partial charge is 0.386 e. The minimum Gasteiger partial charge on any atom is -0.386 e. The second kappa shape index (κ2) is 4.14. The van der Waals surface area contributed by atoms with Crippen molar-refractivity contribution in [2.45, 2.75) is 26.4 Å². The molecule has 1 nitrogen and oxygen atoms in total. The quantitative estimate of drug-likeness (QED) is 0.616. The molecule has 0 bridgehead atoms. The van der Waals surface area contributed by atoms with Gasteiger partial charge in [-0.05, 0) is 26.3 Å². The van der Waals surface area contributed by atoms with Gasteiger partial charge < -0.3 is 5.11 Å². The SMILES string of the molecule is C=CC(=CC=CC)C(C)(C)O. The smallest absolute Gasteiger partial charge is 0.0840 e. The van der Waals surface area contributed by atoms with Crippen molar-refractivity contribution in [2.75, 3.05) is 0 Å². The standard InChI is InChI=1S/C10H16O/c1-5-7-8-9(6-2)10(3,4)11/h5-8,11H,2H2,1,3-4H3. The molecule has 0 heterocycles. The average Bonchev–Trinajstić information content (AvgIpc) is 1.87. The Morgan fingerprint density at radius 2 is 2.00 bits per heavy atom. The molecule has 0 radical (unpaired) electrons. The maximum atomic E-state index is 9.53. The maximum absolute atomic E-state index is 9.53. The molecule has 0 aromatic heterocycles. The van der Waals surface area contributed by atoms with E-state index in [-0.39, 0.29) is 0 Å². The molecular weight excluding hydrogens is 136 g/mol. The van der Waals surface area contributed by atoms with Gasteiger partial charge in [0.1, 0.15) is 0 Å². The lowest BCUT2D eigenvalue weighted by Crippen LogP contribution is -2.20. The van der Waals surface area contributed by atoms with E-state index >= 15 is 0 Å². The van der Waals surface area contributed by atoms with Crippen molar-refractivity contribution in [3.8, 4) is 0 Å². The van der Waals surface area contributed by atoms with Crippen LogP contribution in [-0.2, 0) is 0 Å². The highest BCUT2D eigenvalue weighted by molar-refractivity contribution is 5.29. The second-order valence-electron chi connectivity index (χ2n) is 2.91. The molecule has 0 atom stereocenters. The van der Waals surface area contributed by atoms with E-state index in [1.165, 1.54) is 0 Å². The summed E-state index contributed by atoms with van der Waals surface area (Å²) in [5, 5.41) is 9.53. The summed E-state index contributed by atoms with van der Waals surface area (Å²) in [6.07, 6.45) is 7.32. The summed E-state index contributed by atoms with van der Waals surface area (Å²) in [4.78, 5) is 0. The topological polar surface area (TPSA) is 20.2 Å². The van der Waals surface area contributed by atoms with Crippen molar-refractivity contribution in [3.05, 3.63) is 36.5 Å². The molecule has 0 saturated carbocycles. The summed E-state index contributed by atoms with van der Waals surface area (Å²) in [5.74, 6) is 0. The highest BCUT2D eigenvalue weighted by Crippen LogP contribution is 2.15. The summed E-state index contributed by atoms with van der Waals surface area (Å²) >= 11 is 0. The monoisotopic (exact) mass is 152 g/mol. The van der Waals surface area contributed by atoms with Gasteiger partial charge in [0.25, 0.3) is 0 Å². The number of aliphatic hydroxyl groups is 1. The Balaban J connectivity index is 4.53. The fraction of sp³-hybridized carbons (Fsp3) is 0.400. The van der Waals surface area contributed by atoms with Crippen LogP contribution in [0.25, 0.3) is 0 Å². The predicted octanol–water partition coefficient (Wildman–Crippen LogP) is 2.45. The first kappa shape index (κ1) is 10.2. The molecule has 0 aliphatic carbocycles. The van der Waals surface area contributed by atoms with Crippen LogP contribution in [0.4, 0.5) is 0 Å². The van der Waals surface area contributed by atoms with Crippen molar-refractivity contribution < 1.29 is 5.11 Å². The molecule has 0 spiro atoms. The summed E-state index contributed by atoms with van der Waals surface area (Å²) in [6.45, 7) is 9.03. The van der Waals surface area contributed by atoms with Gasteiger partial charge in [-0.25, -0.2) is 0 Å². The Bertz CT molecular complexity index is 180. The number of rotatable bonds is 3. The molecular formula is C10H16O. The lowest BCUT2D eigenvalue weighted by Gasteiger charge is -2.17. The highest BCUT2D eigenvalue weighted by Gasteiger charge is 2.14. The van der Waals surface area contributed by atoms with Crippen molar-refractivity contribution in [3.63, 3.8) is 0 Å². The van der Waals surface area contributed by atoms with Crippen LogP contribution in [-0.4, -0.2) is 10.7 Å². The molecule has 11 heavy (non-hydrogen) atoms. The molecule has 0 aliphatic heterocycles. The molecule has 0 fully saturated rings. The zero-order valence-corrected chi connectivity index (χ0v) is 7.46. The third-order valence-electron chi connectivity index (χ3n) is 1.39. The average molecular weight is 152 g/mol. The van der Waals surface area contributed by atoms with Gasteiger partial charge in [0, 0.05) is 0 Å². The highest BCUT2D eigenvalue weighted by atomic mass is 16.3. The minimum atomic E-state index is -0.790. The molecule has 62 valence electrons. The van der Waals surface area contributed by atoms with Crippen molar-refractivity contribution >= 4 is 0 Å². The number of hydrogen-bond donors (Lipinski definition) is 1. The Labute approximate surface area is 68.7 Å². The predicted molar refractivity (Wildman–Crippen MR) is 49.4 cm³/mol. The zero-order valence-electron chi connectivity index (χ0n) is 7.46. The molecule has 0 unspecified atom stereocenters. The van der Waals surface area contributed by atoms with Gasteiger partial charge in [-0.2, -0.15) is 0 Å². The van der Waals surface area contributed by atoms with E-state index in [0.717, 1.165) is 5.57 Å². The molecule has 0 aromatic rings. The van der Waals surface area contributed by atoms with Crippen molar-refractivity contribution in [2.24, 2.45) is 0 Å². The van der Waals surface area contributed by atoms with Crippen LogP contribution >= 0.6 is 0 Å². The normalized spacial score (nSPS) is 14.0. The van der Waals surface area contributed by atoms with Crippen LogP contribution < -0.4 is 0 Å². The van der Waals surface area contributed by atoms with Crippen LogP contribution in [0.2, 0.25) is 0 Å². The lowest BCUT2D eigenvalue weighted by molar-refractivity contribution is 0.124. The summed E-state index contributed by atoms with van der Waals surface area (Å²) in [5.41, 5.74) is 0.0388. The van der Waals surface area contributed by atoms with Crippen molar-refractivity contribution in [1.29, 1.82) is 0 Å². The number of hydrogen-bond acceptors (Lipinski definition) is 1. The van der Waals surface area contributed by atoms with Crippen LogP contribution in [0.3, 0.4) is 0 Å². The van der Waals surface area contributed by atoms with Crippen LogP contribution in [0, 0.1) is 0 Å². The van der Waals surface area contributed by atoms with E-state index in [4.69, 9.17) is 0 Å². The Morgan fingerprint density at radius 3 is 2.27 bits per heavy atom. The molecule has 0 saturated heterocycles. The first-order valence-corrected chi connectivity index (χ1v) is 3.70. The van der Waals surface area contributed by atoms with Gasteiger partial charge in [-0.3, -0.25) is 0 Å². The zero-order chi connectivity index (χ0) is 8.91. The first-order chi connectivity index (χ1) is 5.02. The third-order valence-corrected chi connectivity index (χ3v) is 1.39.